The van der Waals surface area contributed by atoms with Crippen molar-refractivity contribution in [3.05, 3.63) is 88.3 Å². The number of carbonyl (C=O) groups excluding carboxylic acids is 1. The van der Waals surface area contributed by atoms with Gasteiger partial charge in [-0.2, -0.15) is 5.10 Å². The van der Waals surface area contributed by atoms with E-state index >= 15 is 0 Å². The number of carbonyl (C=O) groups is 1. The lowest BCUT2D eigenvalue weighted by Gasteiger charge is -2.09. The van der Waals surface area contributed by atoms with E-state index in [1.807, 2.05) is 68.4 Å². The Balaban J connectivity index is 1.56. The first-order chi connectivity index (χ1) is 14.0. The van der Waals surface area contributed by atoms with Crippen LogP contribution in [0.4, 0.5) is 0 Å². The van der Waals surface area contributed by atoms with Gasteiger partial charge in [-0.25, -0.2) is 9.50 Å². The molecule has 2 aromatic carbocycles. The summed E-state index contributed by atoms with van der Waals surface area (Å²) in [6, 6.07) is 17.7. The molecule has 146 valence electrons. The minimum absolute atomic E-state index is 0.153. The molecular weight excluding hydrogens is 384 g/mol. The number of rotatable bonds is 5. The monoisotopic (exact) mass is 404 g/mol. The molecule has 1 N–H and O–H groups in total. The molecule has 0 aliphatic rings. The molecule has 0 aliphatic carbocycles. The quantitative estimate of drug-likeness (QED) is 0.527. The average molecular weight is 405 g/mol. The molecule has 0 aliphatic heterocycles. The van der Waals surface area contributed by atoms with Crippen molar-refractivity contribution in [3.8, 4) is 11.1 Å². The van der Waals surface area contributed by atoms with Gasteiger partial charge < -0.3 is 5.32 Å². The minimum atomic E-state index is -0.153. The van der Waals surface area contributed by atoms with Gasteiger partial charge in [0.15, 0.2) is 5.65 Å². The van der Waals surface area contributed by atoms with Crippen LogP contribution in [0.3, 0.4) is 0 Å². The molecule has 2 heterocycles. The Morgan fingerprint density at radius 2 is 1.79 bits per heavy atom. The van der Waals surface area contributed by atoms with Crippen LogP contribution < -0.4 is 5.32 Å². The normalized spacial score (nSPS) is 11.0. The SMILES string of the molecule is Cc1nn2c(C)c(C(=O)NCCc3ccc(Cl)cc3)cnc2c1-c1ccccc1. The van der Waals surface area contributed by atoms with E-state index in [9.17, 15) is 4.79 Å². The molecule has 0 spiro atoms. The van der Waals surface area contributed by atoms with E-state index in [1.165, 1.54) is 0 Å². The zero-order valence-corrected chi connectivity index (χ0v) is 17.1. The van der Waals surface area contributed by atoms with E-state index < -0.39 is 0 Å². The highest BCUT2D eigenvalue weighted by molar-refractivity contribution is 6.30. The Kier molecular flexibility index (Phi) is 5.32. The summed E-state index contributed by atoms with van der Waals surface area (Å²) < 4.78 is 1.76. The molecule has 0 radical (unpaired) electrons. The third kappa shape index (κ3) is 3.87. The predicted molar refractivity (Wildman–Crippen MR) is 115 cm³/mol. The van der Waals surface area contributed by atoms with E-state index in [4.69, 9.17) is 11.6 Å². The molecule has 0 atom stereocenters. The van der Waals surface area contributed by atoms with E-state index in [0.29, 0.717) is 17.1 Å². The second-order valence-corrected chi connectivity index (χ2v) is 7.39. The molecule has 4 rings (SSSR count). The lowest BCUT2D eigenvalue weighted by atomic mass is 10.1. The van der Waals surface area contributed by atoms with Crippen molar-refractivity contribution in [1.82, 2.24) is 19.9 Å². The van der Waals surface area contributed by atoms with Crippen LogP contribution in [0.1, 0.15) is 27.3 Å². The fourth-order valence-electron chi connectivity index (χ4n) is 3.43. The van der Waals surface area contributed by atoms with Crippen molar-refractivity contribution in [2.24, 2.45) is 0 Å². The van der Waals surface area contributed by atoms with Crippen LogP contribution in [0.25, 0.3) is 16.8 Å². The van der Waals surface area contributed by atoms with Gasteiger partial charge in [0.25, 0.3) is 5.91 Å². The highest BCUT2D eigenvalue weighted by Gasteiger charge is 2.18. The zero-order valence-electron chi connectivity index (χ0n) is 16.3. The summed E-state index contributed by atoms with van der Waals surface area (Å²) in [5.74, 6) is -0.153. The largest absolute Gasteiger partial charge is 0.352 e. The summed E-state index contributed by atoms with van der Waals surface area (Å²) in [4.78, 5) is 17.3. The second kappa shape index (κ2) is 8.05. The van der Waals surface area contributed by atoms with Gasteiger partial charge in [0, 0.05) is 23.3 Å². The summed E-state index contributed by atoms with van der Waals surface area (Å²) in [5, 5.41) is 8.30. The number of hydrogen-bond acceptors (Lipinski definition) is 3. The molecular formula is C23H21ClN4O. The van der Waals surface area contributed by atoms with Gasteiger partial charge in [-0.3, -0.25) is 4.79 Å². The Hall–Kier alpha value is -3.18. The number of aromatic nitrogens is 3. The maximum atomic E-state index is 12.7. The van der Waals surface area contributed by atoms with Crippen LogP contribution in [-0.4, -0.2) is 27.0 Å². The number of benzene rings is 2. The summed E-state index contributed by atoms with van der Waals surface area (Å²) >= 11 is 5.91. The maximum absolute atomic E-state index is 12.7. The van der Waals surface area contributed by atoms with E-state index in [2.05, 4.69) is 15.4 Å². The van der Waals surface area contributed by atoms with Crippen molar-refractivity contribution in [2.45, 2.75) is 20.3 Å². The zero-order chi connectivity index (χ0) is 20.4. The number of nitrogens with one attached hydrogen (secondary N) is 1. The van der Waals surface area contributed by atoms with E-state index in [-0.39, 0.29) is 5.91 Å². The average Bonchev–Trinajstić information content (AvgIpc) is 3.07. The third-order valence-corrected chi connectivity index (χ3v) is 5.23. The molecule has 4 aromatic rings. The Labute approximate surface area is 174 Å². The van der Waals surface area contributed by atoms with Crippen molar-refractivity contribution in [1.29, 1.82) is 0 Å². The highest BCUT2D eigenvalue weighted by atomic mass is 35.5. The first-order valence-corrected chi connectivity index (χ1v) is 9.85. The molecule has 5 nitrogen and oxygen atoms in total. The molecule has 0 saturated heterocycles. The fourth-order valence-corrected chi connectivity index (χ4v) is 3.56. The second-order valence-electron chi connectivity index (χ2n) is 6.95. The third-order valence-electron chi connectivity index (χ3n) is 4.98. The van der Waals surface area contributed by atoms with Crippen LogP contribution in [0.15, 0.2) is 60.8 Å². The van der Waals surface area contributed by atoms with Gasteiger partial charge in [-0.05, 0) is 43.5 Å². The minimum Gasteiger partial charge on any atom is -0.352 e. The number of nitrogens with zero attached hydrogens (tertiary/aromatic N) is 3. The Bertz CT molecular complexity index is 1170. The highest BCUT2D eigenvalue weighted by Crippen LogP contribution is 2.27. The number of aryl methyl sites for hydroxylation is 2. The number of fused-ring (bicyclic) bond motifs is 1. The van der Waals surface area contributed by atoms with Crippen LogP contribution in [-0.2, 0) is 6.42 Å². The molecule has 0 unspecified atom stereocenters. The Morgan fingerprint density at radius 1 is 1.07 bits per heavy atom. The van der Waals surface area contributed by atoms with Gasteiger partial charge in [0.2, 0.25) is 0 Å². The molecule has 1 amide bonds. The van der Waals surface area contributed by atoms with Crippen molar-refractivity contribution >= 4 is 23.2 Å². The molecule has 0 bridgehead atoms. The van der Waals surface area contributed by atoms with E-state index in [0.717, 1.165) is 40.1 Å². The molecule has 2 aromatic heterocycles. The van der Waals surface area contributed by atoms with Crippen LogP contribution in [0.2, 0.25) is 5.02 Å². The topological polar surface area (TPSA) is 59.3 Å². The van der Waals surface area contributed by atoms with E-state index in [1.54, 1.807) is 10.7 Å². The van der Waals surface area contributed by atoms with Crippen molar-refractivity contribution in [3.63, 3.8) is 0 Å². The summed E-state index contributed by atoms with van der Waals surface area (Å²) in [6.07, 6.45) is 2.37. The van der Waals surface area contributed by atoms with Gasteiger partial charge in [0.05, 0.1) is 17.0 Å². The smallest absolute Gasteiger partial charge is 0.254 e. The lowest BCUT2D eigenvalue weighted by Crippen LogP contribution is -2.27. The fraction of sp³-hybridized carbons (Fsp3) is 0.174. The Morgan fingerprint density at radius 3 is 2.52 bits per heavy atom. The van der Waals surface area contributed by atoms with Crippen LogP contribution in [0.5, 0.6) is 0 Å². The van der Waals surface area contributed by atoms with Crippen LogP contribution in [0, 0.1) is 13.8 Å². The number of hydrogen-bond donors (Lipinski definition) is 1. The van der Waals surface area contributed by atoms with Crippen molar-refractivity contribution < 1.29 is 4.79 Å². The van der Waals surface area contributed by atoms with Gasteiger partial charge >= 0.3 is 0 Å². The summed E-state index contributed by atoms with van der Waals surface area (Å²) in [6.45, 7) is 4.39. The molecule has 6 heteroatoms. The van der Waals surface area contributed by atoms with Gasteiger partial charge in [-0.15, -0.1) is 0 Å². The van der Waals surface area contributed by atoms with Crippen molar-refractivity contribution in [2.75, 3.05) is 6.54 Å². The molecule has 29 heavy (non-hydrogen) atoms. The molecule has 0 fully saturated rings. The number of halogens is 1. The van der Waals surface area contributed by atoms with Gasteiger partial charge in [0.1, 0.15) is 0 Å². The summed E-state index contributed by atoms with van der Waals surface area (Å²) in [5.41, 5.74) is 6.10. The lowest BCUT2D eigenvalue weighted by molar-refractivity contribution is 0.0952. The first-order valence-electron chi connectivity index (χ1n) is 9.47. The maximum Gasteiger partial charge on any atom is 0.254 e. The van der Waals surface area contributed by atoms with Crippen LogP contribution >= 0.6 is 11.6 Å². The number of amides is 1. The van der Waals surface area contributed by atoms with Gasteiger partial charge in [-0.1, -0.05) is 54.1 Å². The first kappa shape index (κ1) is 19.2. The molecule has 0 saturated carbocycles. The predicted octanol–water partition coefficient (Wildman–Crippen LogP) is 4.64. The standard InChI is InChI=1S/C23H21ClN4O/c1-15-21(18-6-4-3-5-7-18)22-26-14-20(16(2)28(22)27-15)23(29)25-13-12-17-8-10-19(24)11-9-17/h3-11,14H,12-13H2,1-2H3,(H,25,29). The summed E-state index contributed by atoms with van der Waals surface area (Å²) in [7, 11) is 0.